The predicted octanol–water partition coefficient (Wildman–Crippen LogP) is -0.104. The first-order chi connectivity index (χ1) is 9.68. The van der Waals surface area contributed by atoms with Crippen LogP contribution in [0.1, 0.15) is 26.2 Å². The predicted molar refractivity (Wildman–Crippen MR) is 78.9 cm³/mol. The second-order valence-corrected chi connectivity index (χ2v) is 6.96. The summed E-state index contributed by atoms with van der Waals surface area (Å²) in [7, 11) is 0. The van der Waals surface area contributed by atoms with Crippen LogP contribution in [0.2, 0.25) is 0 Å². The maximum atomic E-state index is 9.72. The van der Waals surface area contributed by atoms with Gasteiger partial charge in [0, 0.05) is 38.3 Å². The smallest absolute Gasteiger partial charge is 0.0623 e. The van der Waals surface area contributed by atoms with E-state index in [2.05, 4.69) is 22.0 Å². The molecule has 20 heavy (non-hydrogen) atoms. The van der Waals surface area contributed by atoms with Crippen LogP contribution in [0.5, 0.6) is 0 Å². The molecule has 3 rings (SSSR count). The largest absolute Gasteiger partial charge is 0.394 e. The third kappa shape index (κ3) is 3.71. The molecule has 2 atom stereocenters. The van der Waals surface area contributed by atoms with Crippen molar-refractivity contribution in [1.29, 1.82) is 0 Å². The van der Waals surface area contributed by atoms with Crippen LogP contribution < -0.4 is 5.32 Å². The number of hydrogen-bond acceptors (Lipinski definition) is 5. The summed E-state index contributed by atoms with van der Waals surface area (Å²) >= 11 is 0. The number of nitrogens with one attached hydrogen (secondary N) is 1. The number of rotatable bonds is 6. The summed E-state index contributed by atoms with van der Waals surface area (Å²) in [6.07, 6.45) is 3.79. The van der Waals surface area contributed by atoms with Gasteiger partial charge in [0.25, 0.3) is 0 Å². The summed E-state index contributed by atoms with van der Waals surface area (Å²) < 4.78 is 5.44. The first-order valence-electron chi connectivity index (χ1n) is 8.11. The van der Waals surface area contributed by atoms with Crippen molar-refractivity contribution in [2.45, 2.75) is 43.8 Å². The fraction of sp³-hybridized carbons (Fsp3) is 1.00. The van der Waals surface area contributed by atoms with Gasteiger partial charge in [-0.1, -0.05) is 0 Å². The van der Waals surface area contributed by atoms with Crippen molar-refractivity contribution in [2.75, 3.05) is 52.5 Å². The minimum absolute atomic E-state index is 0.138. The van der Waals surface area contributed by atoms with Crippen LogP contribution in [0.25, 0.3) is 0 Å². The van der Waals surface area contributed by atoms with Crippen LogP contribution in [0.4, 0.5) is 0 Å². The van der Waals surface area contributed by atoms with E-state index < -0.39 is 0 Å². The second-order valence-electron chi connectivity index (χ2n) is 6.96. The van der Waals surface area contributed by atoms with Gasteiger partial charge >= 0.3 is 0 Å². The van der Waals surface area contributed by atoms with Gasteiger partial charge in [-0.25, -0.2) is 0 Å². The number of nitrogens with zero attached hydrogens (tertiary/aromatic N) is 2. The van der Waals surface area contributed by atoms with E-state index >= 15 is 0 Å². The highest BCUT2D eigenvalue weighted by Crippen LogP contribution is 2.24. The minimum atomic E-state index is -0.138. The van der Waals surface area contributed by atoms with Crippen LogP contribution in [-0.2, 0) is 4.74 Å². The van der Waals surface area contributed by atoms with E-state index in [-0.39, 0.29) is 12.1 Å². The number of aliphatic hydroxyl groups excluding tert-OH is 1. The molecule has 0 bridgehead atoms. The van der Waals surface area contributed by atoms with E-state index in [1.807, 2.05) is 0 Å². The van der Waals surface area contributed by atoms with Gasteiger partial charge in [-0.2, -0.15) is 0 Å². The van der Waals surface area contributed by atoms with Gasteiger partial charge in [0.1, 0.15) is 0 Å². The van der Waals surface area contributed by atoms with E-state index in [4.69, 9.17) is 4.74 Å². The Balaban J connectivity index is 1.48. The number of ether oxygens (including phenoxy) is 1. The van der Waals surface area contributed by atoms with Crippen molar-refractivity contribution >= 4 is 0 Å². The molecule has 0 aromatic rings. The fourth-order valence-electron chi connectivity index (χ4n) is 3.55. The zero-order chi connectivity index (χ0) is 14.0. The number of likely N-dealkylation sites (tertiary alicyclic amines) is 1. The molecule has 0 aromatic carbocycles. The Morgan fingerprint density at radius 2 is 1.95 bits per heavy atom. The Morgan fingerprint density at radius 3 is 2.60 bits per heavy atom. The van der Waals surface area contributed by atoms with E-state index in [1.54, 1.807) is 0 Å². The van der Waals surface area contributed by atoms with Gasteiger partial charge in [-0.3, -0.25) is 9.80 Å². The van der Waals surface area contributed by atoms with Crippen LogP contribution in [-0.4, -0.2) is 85.1 Å². The van der Waals surface area contributed by atoms with Crippen LogP contribution in [0.15, 0.2) is 0 Å². The highest BCUT2D eigenvalue weighted by atomic mass is 16.5. The zero-order valence-electron chi connectivity index (χ0n) is 12.7. The maximum Gasteiger partial charge on any atom is 0.0623 e. The quantitative estimate of drug-likeness (QED) is 0.713. The summed E-state index contributed by atoms with van der Waals surface area (Å²) in [6, 6.07) is 1.33. The summed E-state index contributed by atoms with van der Waals surface area (Å²) in [5.41, 5.74) is -0.138. The number of aliphatic hydroxyl groups is 1. The lowest BCUT2D eigenvalue weighted by Gasteiger charge is -2.35. The van der Waals surface area contributed by atoms with Crippen LogP contribution in [0.3, 0.4) is 0 Å². The van der Waals surface area contributed by atoms with Crippen molar-refractivity contribution in [3.8, 4) is 0 Å². The van der Waals surface area contributed by atoms with Crippen molar-refractivity contribution < 1.29 is 9.84 Å². The Labute approximate surface area is 122 Å². The number of hydrogen-bond donors (Lipinski definition) is 2. The standard InChI is InChI=1S/C15H29N3O2/c1-15(12-19,16-13-2-3-13)11-17-5-4-14(10-17)18-6-8-20-9-7-18/h13-14,16,19H,2-12H2,1H3. The topological polar surface area (TPSA) is 48.0 Å². The first kappa shape index (κ1) is 14.7. The van der Waals surface area contributed by atoms with E-state index in [0.717, 1.165) is 45.9 Å². The molecule has 0 aromatic heterocycles. The maximum absolute atomic E-state index is 9.72. The first-order valence-corrected chi connectivity index (χ1v) is 8.11. The summed E-state index contributed by atoms with van der Waals surface area (Å²) in [4.78, 5) is 5.10. The molecule has 2 saturated heterocycles. The molecular formula is C15H29N3O2. The molecule has 2 unspecified atom stereocenters. The summed E-state index contributed by atoms with van der Waals surface area (Å²) in [6.45, 7) is 9.57. The molecule has 1 saturated carbocycles. The summed E-state index contributed by atoms with van der Waals surface area (Å²) in [5, 5.41) is 13.3. The lowest BCUT2D eigenvalue weighted by atomic mass is 10.0. The molecule has 5 nitrogen and oxygen atoms in total. The molecule has 0 amide bonds. The van der Waals surface area contributed by atoms with Crippen LogP contribution in [0, 0.1) is 0 Å². The average Bonchev–Trinajstić information content (AvgIpc) is 3.15. The van der Waals surface area contributed by atoms with Gasteiger partial charge in [0.05, 0.1) is 25.4 Å². The van der Waals surface area contributed by atoms with E-state index in [9.17, 15) is 5.11 Å². The van der Waals surface area contributed by atoms with Gasteiger partial charge < -0.3 is 15.2 Å². The Morgan fingerprint density at radius 1 is 1.20 bits per heavy atom. The SMILES string of the molecule is CC(CO)(CN1CCC(N2CCOCC2)C1)NC1CC1. The third-order valence-electron chi connectivity index (χ3n) is 4.86. The Kier molecular flexibility index (Phi) is 4.62. The third-order valence-corrected chi connectivity index (χ3v) is 4.86. The molecule has 3 aliphatic rings. The molecule has 2 heterocycles. The average molecular weight is 283 g/mol. The zero-order valence-corrected chi connectivity index (χ0v) is 12.7. The van der Waals surface area contributed by atoms with E-state index in [0.29, 0.717) is 12.1 Å². The van der Waals surface area contributed by atoms with E-state index in [1.165, 1.54) is 19.3 Å². The lowest BCUT2D eigenvalue weighted by molar-refractivity contribution is 0.0176. The van der Waals surface area contributed by atoms with Crippen molar-refractivity contribution in [3.05, 3.63) is 0 Å². The van der Waals surface area contributed by atoms with Gasteiger partial charge in [-0.05, 0) is 32.7 Å². The molecule has 2 aliphatic heterocycles. The molecule has 1 aliphatic carbocycles. The minimum Gasteiger partial charge on any atom is -0.394 e. The molecular weight excluding hydrogens is 254 g/mol. The molecule has 2 N–H and O–H groups in total. The van der Waals surface area contributed by atoms with Crippen LogP contribution >= 0.6 is 0 Å². The van der Waals surface area contributed by atoms with Gasteiger partial charge in [0.15, 0.2) is 0 Å². The highest BCUT2D eigenvalue weighted by molar-refractivity contribution is 4.96. The normalized spacial score (nSPS) is 32.4. The Bertz CT molecular complexity index is 318. The molecule has 5 heteroatoms. The number of morpholine rings is 1. The molecule has 116 valence electrons. The van der Waals surface area contributed by atoms with Crippen molar-refractivity contribution in [2.24, 2.45) is 0 Å². The monoisotopic (exact) mass is 283 g/mol. The van der Waals surface area contributed by atoms with Crippen molar-refractivity contribution in [1.82, 2.24) is 15.1 Å². The lowest BCUT2D eigenvalue weighted by Crippen LogP contribution is -2.55. The fourth-order valence-corrected chi connectivity index (χ4v) is 3.55. The molecule has 0 spiro atoms. The van der Waals surface area contributed by atoms with Gasteiger partial charge in [-0.15, -0.1) is 0 Å². The Hall–Kier alpha value is -0.200. The molecule has 3 fully saturated rings. The molecule has 0 radical (unpaired) electrons. The van der Waals surface area contributed by atoms with Crippen molar-refractivity contribution in [3.63, 3.8) is 0 Å². The highest BCUT2D eigenvalue weighted by Gasteiger charge is 2.36. The summed E-state index contributed by atoms with van der Waals surface area (Å²) in [5.74, 6) is 0. The second kappa shape index (κ2) is 6.28. The van der Waals surface area contributed by atoms with Gasteiger partial charge in [0.2, 0.25) is 0 Å².